The molecule has 1 aromatic carbocycles. The Morgan fingerprint density at radius 3 is 2.85 bits per heavy atom. The normalized spacial score (nSPS) is 11.2. The molecule has 1 amide bonds. The van der Waals surface area contributed by atoms with E-state index in [4.69, 9.17) is 0 Å². The van der Waals surface area contributed by atoms with E-state index in [9.17, 15) is 15.0 Å². The molecule has 0 saturated carbocycles. The van der Waals surface area contributed by atoms with Gasteiger partial charge in [0.05, 0.1) is 29.6 Å². The summed E-state index contributed by atoms with van der Waals surface area (Å²) in [7, 11) is 0. The zero-order valence-electron chi connectivity index (χ0n) is 14.4. The number of nitrogens with one attached hydrogen (secondary N) is 1. The van der Waals surface area contributed by atoms with E-state index in [1.54, 1.807) is 13.0 Å². The standard InChI is InChI=1S/C19H18N4O3/c1-11-7-15(14-5-3-4-6-17(14)22-11)19(26)23-21-9-16-13(10-24)8-20-12(2)18(16)25/h3-9,24-25H,10H2,1-2H3,(H,23,26). The monoisotopic (exact) mass is 350 g/mol. The Morgan fingerprint density at radius 2 is 2.08 bits per heavy atom. The van der Waals surface area contributed by atoms with Crippen molar-refractivity contribution in [1.82, 2.24) is 15.4 Å². The van der Waals surface area contributed by atoms with Crippen LogP contribution in [-0.2, 0) is 6.61 Å². The van der Waals surface area contributed by atoms with Crippen LogP contribution in [0.15, 0.2) is 41.6 Å². The Labute approximate surface area is 150 Å². The van der Waals surface area contributed by atoms with E-state index >= 15 is 0 Å². The molecule has 0 aliphatic rings. The molecule has 7 heteroatoms. The minimum Gasteiger partial charge on any atom is -0.505 e. The van der Waals surface area contributed by atoms with Crippen LogP contribution in [0.1, 0.15) is 32.9 Å². The molecule has 0 saturated heterocycles. The average Bonchev–Trinajstić information content (AvgIpc) is 2.64. The second kappa shape index (κ2) is 7.28. The van der Waals surface area contributed by atoms with E-state index in [0.29, 0.717) is 22.4 Å². The number of aliphatic hydroxyl groups is 1. The summed E-state index contributed by atoms with van der Waals surface area (Å²) in [5, 5.41) is 24.1. The van der Waals surface area contributed by atoms with Crippen LogP contribution in [0.2, 0.25) is 0 Å². The van der Waals surface area contributed by atoms with E-state index in [0.717, 1.165) is 16.6 Å². The maximum atomic E-state index is 12.5. The molecule has 2 heterocycles. The van der Waals surface area contributed by atoms with Crippen molar-refractivity contribution in [3.8, 4) is 5.75 Å². The number of carbonyl (C=O) groups is 1. The predicted octanol–water partition coefficient (Wildman–Crippen LogP) is 2.21. The Balaban J connectivity index is 1.89. The maximum Gasteiger partial charge on any atom is 0.272 e. The Bertz CT molecular complexity index is 1020. The van der Waals surface area contributed by atoms with Crippen LogP contribution < -0.4 is 5.43 Å². The number of nitrogens with zero attached hydrogens (tertiary/aromatic N) is 3. The smallest absolute Gasteiger partial charge is 0.272 e. The summed E-state index contributed by atoms with van der Waals surface area (Å²) in [5.41, 5.74) is 5.51. The van der Waals surface area contributed by atoms with Gasteiger partial charge in [-0.25, -0.2) is 5.43 Å². The summed E-state index contributed by atoms with van der Waals surface area (Å²) >= 11 is 0. The van der Waals surface area contributed by atoms with Crippen LogP contribution >= 0.6 is 0 Å². The second-order valence-corrected chi connectivity index (χ2v) is 5.82. The first-order valence-electron chi connectivity index (χ1n) is 7.99. The summed E-state index contributed by atoms with van der Waals surface area (Å²) < 4.78 is 0. The molecule has 0 aliphatic carbocycles. The van der Waals surface area contributed by atoms with Gasteiger partial charge >= 0.3 is 0 Å². The van der Waals surface area contributed by atoms with E-state index < -0.39 is 5.91 Å². The second-order valence-electron chi connectivity index (χ2n) is 5.82. The highest BCUT2D eigenvalue weighted by Crippen LogP contribution is 2.22. The summed E-state index contributed by atoms with van der Waals surface area (Å²) in [6.07, 6.45) is 2.75. The molecule has 7 nitrogen and oxygen atoms in total. The lowest BCUT2D eigenvalue weighted by atomic mass is 10.1. The highest BCUT2D eigenvalue weighted by atomic mass is 16.3. The molecule has 0 aliphatic heterocycles. The Kier molecular flexibility index (Phi) is 4.90. The lowest BCUT2D eigenvalue weighted by Gasteiger charge is -2.08. The van der Waals surface area contributed by atoms with Crippen LogP contribution in [0.3, 0.4) is 0 Å². The minimum atomic E-state index is -0.390. The SMILES string of the molecule is Cc1cc(C(=O)NN=Cc2c(CO)cnc(C)c2O)c2ccccc2n1. The van der Waals surface area contributed by atoms with E-state index in [1.807, 2.05) is 31.2 Å². The van der Waals surface area contributed by atoms with Crippen LogP contribution in [0.25, 0.3) is 10.9 Å². The van der Waals surface area contributed by atoms with E-state index in [1.165, 1.54) is 12.4 Å². The highest BCUT2D eigenvalue weighted by molar-refractivity contribution is 6.06. The summed E-state index contributed by atoms with van der Waals surface area (Å²) in [5.74, 6) is -0.474. The van der Waals surface area contributed by atoms with E-state index in [-0.39, 0.29) is 12.4 Å². The maximum absolute atomic E-state index is 12.5. The van der Waals surface area contributed by atoms with Gasteiger partial charge in [0.2, 0.25) is 0 Å². The molecule has 0 radical (unpaired) electrons. The summed E-state index contributed by atoms with van der Waals surface area (Å²) in [6.45, 7) is 3.15. The fourth-order valence-electron chi connectivity index (χ4n) is 2.63. The van der Waals surface area contributed by atoms with Crippen molar-refractivity contribution in [1.29, 1.82) is 0 Å². The first-order valence-corrected chi connectivity index (χ1v) is 7.99. The van der Waals surface area contributed by atoms with Gasteiger partial charge in [-0.15, -0.1) is 0 Å². The molecule has 3 N–H and O–H groups in total. The van der Waals surface area contributed by atoms with Crippen molar-refractivity contribution in [3.05, 3.63) is 64.6 Å². The highest BCUT2D eigenvalue weighted by Gasteiger charge is 2.12. The molecule has 3 aromatic rings. The van der Waals surface area contributed by atoms with Gasteiger partial charge < -0.3 is 10.2 Å². The number of hydrogen-bond donors (Lipinski definition) is 3. The molecule has 132 valence electrons. The van der Waals surface area contributed by atoms with Gasteiger partial charge in [0.25, 0.3) is 5.91 Å². The van der Waals surface area contributed by atoms with Gasteiger partial charge in [0.15, 0.2) is 0 Å². The van der Waals surface area contributed by atoms with Gasteiger partial charge in [-0.05, 0) is 26.0 Å². The Hall–Kier alpha value is -3.32. The lowest BCUT2D eigenvalue weighted by Crippen LogP contribution is -2.18. The van der Waals surface area contributed by atoms with Crippen molar-refractivity contribution in [2.75, 3.05) is 0 Å². The van der Waals surface area contributed by atoms with Crippen LogP contribution in [0, 0.1) is 13.8 Å². The number of rotatable bonds is 4. The number of aryl methyl sites for hydroxylation is 2. The molecular weight excluding hydrogens is 332 g/mol. The molecular formula is C19H18N4O3. The lowest BCUT2D eigenvalue weighted by molar-refractivity contribution is 0.0956. The van der Waals surface area contributed by atoms with Crippen molar-refractivity contribution in [2.24, 2.45) is 5.10 Å². The molecule has 0 spiro atoms. The summed E-state index contributed by atoms with van der Waals surface area (Å²) in [6, 6.07) is 9.06. The summed E-state index contributed by atoms with van der Waals surface area (Å²) in [4.78, 5) is 20.9. The van der Waals surface area contributed by atoms with Gasteiger partial charge in [-0.2, -0.15) is 5.10 Å². The van der Waals surface area contributed by atoms with Gasteiger partial charge in [0.1, 0.15) is 5.75 Å². The van der Waals surface area contributed by atoms with Crippen LogP contribution in [0.5, 0.6) is 5.75 Å². The van der Waals surface area contributed by atoms with Gasteiger partial charge in [-0.3, -0.25) is 14.8 Å². The molecule has 2 aromatic heterocycles. The number of fused-ring (bicyclic) bond motifs is 1. The molecule has 0 bridgehead atoms. The largest absolute Gasteiger partial charge is 0.505 e. The number of hydrogen-bond acceptors (Lipinski definition) is 6. The third kappa shape index (κ3) is 3.38. The molecule has 26 heavy (non-hydrogen) atoms. The number of aromatic hydroxyl groups is 1. The minimum absolute atomic E-state index is 0.0836. The van der Waals surface area contributed by atoms with Gasteiger partial charge in [-0.1, -0.05) is 18.2 Å². The van der Waals surface area contributed by atoms with Crippen molar-refractivity contribution in [2.45, 2.75) is 20.5 Å². The number of benzene rings is 1. The third-order valence-corrected chi connectivity index (χ3v) is 3.98. The fourth-order valence-corrected chi connectivity index (χ4v) is 2.63. The zero-order chi connectivity index (χ0) is 18.7. The zero-order valence-corrected chi connectivity index (χ0v) is 14.4. The number of carbonyl (C=O) groups excluding carboxylic acids is 1. The van der Waals surface area contributed by atoms with Crippen molar-refractivity contribution >= 4 is 23.0 Å². The fraction of sp³-hybridized carbons (Fsp3) is 0.158. The first kappa shape index (κ1) is 17.5. The molecule has 0 atom stereocenters. The number of aromatic nitrogens is 2. The predicted molar refractivity (Wildman–Crippen MR) is 98.1 cm³/mol. The van der Waals surface area contributed by atoms with Crippen molar-refractivity contribution in [3.63, 3.8) is 0 Å². The number of aliphatic hydroxyl groups excluding tert-OH is 1. The quantitative estimate of drug-likeness (QED) is 0.494. The third-order valence-electron chi connectivity index (χ3n) is 3.98. The van der Waals surface area contributed by atoms with Crippen LogP contribution in [0.4, 0.5) is 0 Å². The first-order chi connectivity index (χ1) is 12.5. The van der Waals surface area contributed by atoms with E-state index in [2.05, 4.69) is 20.5 Å². The van der Waals surface area contributed by atoms with Gasteiger partial charge in [0, 0.05) is 28.4 Å². The number of amides is 1. The topological polar surface area (TPSA) is 108 Å². The van der Waals surface area contributed by atoms with Crippen LogP contribution in [-0.4, -0.2) is 32.3 Å². The number of para-hydroxylation sites is 1. The molecule has 0 unspecified atom stereocenters. The molecule has 3 rings (SSSR count). The average molecular weight is 350 g/mol. The van der Waals surface area contributed by atoms with Crippen molar-refractivity contribution < 1.29 is 15.0 Å². The number of hydrazone groups is 1. The Morgan fingerprint density at radius 1 is 1.31 bits per heavy atom. The number of pyridine rings is 2. The molecule has 0 fully saturated rings.